The van der Waals surface area contributed by atoms with Crippen LogP contribution in [0, 0.1) is 5.41 Å². The maximum absolute atomic E-state index is 12.8. The quantitative estimate of drug-likeness (QED) is 0.916. The minimum atomic E-state index is -4.32. The van der Waals surface area contributed by atoms with E-state index in [9.17, 15) is 18.3 Å². The standard InChI is InChI=1S/C18H20F3N3O/c19-18(20,21)14-5-3-13(4-6-14)15-9-16(15)7-1-2-8-17(16,25)10-24-12-22-11-23-24/h3-6,11-12,15,25H,1-2,7-10H2. The van der Waals surface area contributed by atoms with Gasteiger partial charge in [0, 0.05) is 5.41 Å². The number of alkyl halides is 3. The molecule has 1 aromatic carbocycles. The second-order valence-electron chi connectivity index (χ2n) is 7.36. The van der Waals surface area contributed by atoms with Crippen LogP contribution in [0.1, 0.15) is 49.1 Å². The second-order valence-corrected chi connectivity index (χ2v) is 7.36. The molecule has 1 spiro atoms. The molecule has 2 aliphatic rings. The maximum atomic E-state index is 12.8. The largest absolute Gasteiger partial charge is 0.416 e. The van der Waals surface area contributed by atoms with Crippen molar-refractivity contribution in [2.75, 3.05) is 0 Å². The fourth-order valence-corrected chi connectivity index (χ4v) is 4.60. The molecular formula is C18H20F3N3O. The van der Waals surface area contributed by atoms with Gasteiger partial charge in [-0.2, -0.15) is 18.3 Å². The molecule has 4 nitrogen and oxygen atoms in total. The van der Waals surface area contributed by atoms with E-state index in [0.29, 0.717) is 13.0 Å². The van der Waals surface area contributed by atoms with Crippen molar-refractivity contribution in [2.24, 2.45) is 5.41 Å². The number of halogens is 3. The Balaban J connectivity index is 1.59. The molecule has 25 heavy (non-hydrogen) atoms. The summed E-state index contributed by atoms with van der Waals surface area (Å²) in [5.41, 5.74) is -0.914. The normalized spacial score (nSPS) is 32.1. The highest BCUT2D eigenvalue weighted by atomic mass is 19.4. The van der Waals surface area contributed by atoms with Crippen LogP contribution in [-0.2, 0) is 12.7 Å². The van der Waals surface area contributed by atoms with Gasteiger partial charge in [0.25, 0.3) is 0 Å². The zero-order chi connectivity index (χ0) is 17.7. The Morgan fingerprint density at radius 2 is 1.88 bits per heavy atom. The monoisotopic (exact) mass is 351 g/mol. The zero-order valence-electron chi connectivity index (χ0n) is 13.7. The molecule has 0 aliphatic heterocycles. The Labute approximate surface area is 143 Å². The van der Waals surface area contributed by atoms with Crippen LogP contribution in [0.3, 0.4) is 0 Å². The van der Waals surface area contributed by atoms with Crippen LogP contribution in [0.2, 0.25) is 0 Å². The number of benzene rings is 1. The van der Waals surface area contributed by atoms with Gasteiger partial charge in [-0.1, -0.05) is 25.0 Å². The molecule has 3 atom stereocenters. The first-order valence-electron chi connectivity index (χ1n) is 8.56. The van der Waals surface area contributed by atoms with Gasteiger partial charge in [0.15, 0.2) is 0 Å². The average Bonchev–Trinajstić information content (AvgIpc) is 3.08. The zero-order valence-corrected chi connectivity index (χ0v) is 13.7. The Kier molecular flexibility index (Phi) is 3.68. The molecule has 4 rings (SSSR count). The van der Waals surface area contributed by atoms with E-state index >= 15 is 0 Å². The number of aromatic nitrogens is 3. The highest BCUT2D eigenvalue weighted by Gasteiger charge is 2.66. The van der Waals surface area contributed by atoms with Gasteiger partial charge in [-0.15, -0.1) is 0 Å². The first-order valence-corrected chi connectivity index (χ1v) is 8.56. The van der Waals surface area contributed by atoms with E-state index in [1.54, 1.807) is 23.1 Å². The van der Waals surface area contributed by atoms with Crippen molar-refractivity contribution in [3.63, 3.8) is 0 Å². The molecule has 2 aliphatic carbocycles. The van der Waals surface area contributed by atoms with E-state index in [-0.39, 0.29) is 11.3 Å². The SMILES string of the molecule is OC1(Cn2cncn2)CCCCC12CC2c1ccc(C(F)(F)F)cc1. The minimum absolute atomic E-state index is 0.101. The van der Waals surface area contributed by atoms with E-state index in [0.717, 1.165) is 43.4 Å². The van der Waals surface area contributed by atoms with Crippen molar-refractivity contribution in [3.8, 4) is 0 Å². The predicted octanol–water partition coefficient (Wildman–Crippen LogP) is 3.78. The number of nitrogens with zero attached hydrogens (tertiary/aromatic N) is 3. The summed E-state index contributed by atoms with van der Waals surface area (Å²) in [6.45, 7) is 0.379. The Morgan fingerprint density at radius 3 is 2.52 bits per heavy atom. The third kappa shape index (κ3) is 2.74. The van der Waals surface area contributed by atoms with Crippen molar-refractivity contribution in [3.05, 3.63) is 48.0 Å². The van der Waals surface area contributed by atoms with Crippen LogP contribution in [0.15, 0.2) is 36.9 Å². The van der Waals surface area contributed by atoms with E-state index in [1.165, 1.54) is 6.33 Å². The lowest BCUT2D eigenvalue weighted by molar-refractivity contribution is -0.137. The van der Waals surface area contributed by atoms with Gasteiger partial charge < -0.3 is 5.11 Å². The summed E-state index contributed by atoms with van der Waals surface area (Å²) in [7, 11) is 0. The number of aliphatic hydroxyl groups is 1. The molecule has 1 N–H and O–H groups in total. The van der Waals surface area contributed by atoms with E-state index in [4.69, 9.17) is 0 Å². The smallest absolute Gasteiger partial charge is 0.387 e. The lowest BCUT2D eigenvalue weighted by Gasteiger charge is -2.41. The predicted molar refractivity (Wildman–Crippen MR) is 84.7 cm³/mol. The van der Waals surface area contributed by atoms with Crippen LogP contribution in [0.5, 0.6) is 0 Å². The van der Waals surface area contributed by atoms with Crippen molar-refractivity contribution in [1.29, 1.82) is 0 Å². The van der Waals surface area contributed by atoms with E-state index in [2.05, 4.69) is 10.1 Å². The molecule has 0 bridgehead atoms. The fourth-order valence-electron chi connectivity index (χ4n) is 4.60. The molecule has 2 aromatic rings. The maximum Gasteiger partial charge on any atom is 0.416 e. The Bertz CT molecular complexity index is 744. The molecule has 7 heteroatoms. The van der Waals surface area contributed by atoms with Gasteiger partial charge in [-0.05, 0) is 42.9 Å². The molecule has 0 amide bonds. The summed E-state index contributed by atoms with van der Waals surface area (Å²) in [4.78, 5) is 3.93. The molecular weight excluding hydrogens is 331 g/mol. The van der Waals surface area contributed by atoms with Gasteiger partial charge in [0.1, 0.15) is 12.7 Å². The fraction of sp³-hybridized carbons (Fsp3) is 0.556. The molecule has 0 radical (unpaired) electrons. The highest BCUT2D eigenvalue weighted by molar-refractivity contribution is 5.36. The Morgan fingerprint density at radius 1 is 1.16 bits per heavy atom. The summed E-state index contributed by atoms with van der Waals surface area (Å²) in [5, 5.41) is 15.5. The van der Waals surface area contributed by atoms with Crippen molar-refractivity contribution < 1.29 is 18.3 Å². The van der Waals surface area contributed by atoms with Gasteiger partial charge in [0.05, 0.1) is 17.7 Å². The Hall–Kier alpha value is -1.89. The van der Waals surface area contributed by atoms with Crippen molar-refractivity contribution in [1.82, 2.24) is 14.8 Å². The van der Waals surface area contributed by atoms with Crippen LogP contribution < -0.4 is 0 Å². The number of hydrogen-bond acceptors (Lipinski definition) is 3. The summed E-state index contributed by atoms with van der Waals surface area (Å²) < 4.78 is 39.9. The van der Waals surface area contributed by atoms with Crippen LogP contribution in [0.4, 0.5) is 13.2 Å². The molecule has 2 saturated carbocycles. The second kappa shape index (κ2) is 5.56. The van der Waals surface area contributed by atoms with Gasteiger partial charge in [-0.3, -0.25) is 4.68 Å². The molecule has 1 aromatic heterocycles. The lowest BCUT2D eigenvalue weighted by atomic mass is 9.70. The molecule has 2 fully saturated rings. The van der Waals surface area contributed by atoms with E-state index in [1.807, 2.05) is 0 Å². The summed E-state index contributed by atoms with van der Waals surface area (Å²) >= 11 is 0. The van der Waals surface area contributed by atoms with Crippen molar-refractivity contribution in [2.45, 2.75) is 56.3 Å². The summed E-state index contributed by atoms with van der Waals surface area (Å²) in [5.74, 6) is 0.101. The molecule has 3 unspecified atom stereocenters. The van der Waals surface area contributed by atoms with E-state index < -0.39 is 17.3 Å². The van der Waals surface area contributed by atoms with Gasteiger partial charge in [-0.25, -0.2) is 4.98 Å². The van der Waals surface area contributed by atoms with Crippen LogP contribution in [0.25, 0.3) is 0 Å². The van der Waals surface area contributed by atoms with Crippen LogP contribution >= 0.6 is 0 Å². The minimum Gasteiger partial charge on any atom is -0.387 e. The third-order valence-corrected chi connectivity index (χ3v) is 6.00. The number of hydrogen-bond donors (Lipinski definition) is 1. The lowest BCUT2D eigenvalue weighted by Crippen LogP contribution is -2.47. The number of rotatable bonds is 3. The topological polar surface area (TPSA) is 50.9 Å². The molecule has 1 heterocycles. The van der Waals surface area contributed by atoms with Crippen molar-refractivity contribution >= 4 is 0 Å². The third-order valence-electron chi connectivity index (χ3n) is 6.00. The molecule has 0 saturated heterocycles. The molecule has 134 valence electrons. The summed E-state index contributed by atoms with van der Waals surface area (Å²) in [6, 6.07) is 5.40. The first kappa shape index (κ1) is 16.6. The van der Waals surface area contributed by atoms with Gasteiger partial charge in [0.2, 0.25) is 0 Å². The first-order chi connectivity index (χ1) is 11.8. The highest BCUT2D eigenvalue weighted by Crippen LogP contribution is 2.70. The average molecular weight is 351 g/mol. The van der Waals surface area contributed by atoms with Crippen LogP contribution in [-0.4, -0.2) is 25.5 Å². The summed E-state index contributed by atoms with van der Waals surface area (Å²) in [6.07, 6.45) is 3.09. The van der Waals surface area contributed by atoms with Gasteiger partial charge >= 0.3 is 6.18 Å².